The first-order valence-electron chi connectivity index (χ1n) is 17.5. The first-order chi connectivity index (χ1) is 26.7. The lowest BCUT2D eigenvalue weighted by molar-refractivity contribution is 1.18. The van der Waals surface area contributed by atoms with E-state index < -0.39 is 0 Å². The number of benzene rings is 5. The highest BCUT2D eigenvalue weighted by Gasteiger charge is 2.16. The highest BCUT2D eigenvalue weighted by molar-refractivity contribution is 5.87. The second-order valence-electron chi connectivity index (χ2n) is 12.7. The van der Waals surface area contributed by atoms with Gasteiger partial charge in [-0.3, -0.25) is 9.97 Å². The molecule has 9 aromatic rings. The van der Waals surface area contributed by atoms with Crippen molar-refractivity contribution in [2.24, 2.45) is 0 Å². The lowest BCUT2D eigenvalue weighted by Crippen LogP contribution is -1.97. The van der Waals surface area contributed by atoms with E-state index in [0.29, 0.717) is 17.1 Å². The lowest BCUT2D eigenvalue weighted by atomic mass is 10.0. The van der Waals surface area contributed by atoms with Gasteiger partial charge in [0.1, 0.15) is 0 Å². The Morgan fingerprint density at radius 1 is 0.352 bits per heavy atom. The van der Waals surface area contributed by atoms with Crippen LogP contribution in [0.2, 0.25) is 0 Å². The van der Waals surface area contributed by atoms with Crippen molar-refractivity contribution >= 4 is 11.0 Å². The summed E-state index contributed by atoms with van der Waals surface area (Å²) in [6.07, 6.45) is 3.60. The average molecular weight is 692 g/mol. The van der Waals surface area contributed by atoms with Crippen molar-refractivity contribution in [3.8, 4) is 85.0 Å². The van der Waals surface area contributed by atoms with Crippen LogP contribution in [0.1, 0.15) is 5.56 Å². The molecule has 0 N–H and O–H groups in total. The first-order valence-corrected chi connectivity index (χ1v) is 17.5. The molecule has 0 spiro atoms. The average Bonchev–Trinajstić information content (AvgIpc) is 3.26. The molecule has 0 bridgehead atoms. The number of hydrogen-bond acceptors (Lipinski definition) is 7. The summed E-state index contributed by atoms with van der Waals surface area (Å²) >= 11 is 0. The fourth-order valence-electron chi connectivity index (χ4n) is 6.48. The topological polar surface area (TPSA) is 101 Å². The van der Waals surface area contributed by atoms with Gasteiger partial charge in [0.2, 0.25) is 0 Å². The summed E-state index contributed by atoms with van der Waals surface area (Å²) in [5.41, 5.74) is 13.6. The summed E-state index contributed by atoms with van der Waals surface area (Å²) in [6, 6.07) is 56.1. The Kier molecular flexibility index (Phi) is 8.44. The molecular weight excluding hydrogens is 663 g/mol. The second kappa shape index (κ2) is 14.1. The SMILES string of the molecule is N#Cc1cccc(-c2nc3ccccc3nc2-c2ccc(-c3nc(-c4ccc(-c5ccccn5)cc4)cc(-c4ccc(-c5ccccn5)cc4)n3)cc2)c1. The Balaban J connectivity index is 1.13. The molecule has 7 nitrogen and oxygen atoms in total. The number of pyridine rings is 2. The van der Waals surface area contributed by atoms with Crippen LogP contribution in [0.4, 0.5) is 0 Å². The van der Waals surface area contributed by atoms with E-state index in [1.165, 1.54) is 0 Å². The van der Waals surface area contributed by atoms with Crippen molar-refractivity contribution in [2.75, 3.05) is 0 Å². The molecule has 0 radical (unpaired) electrons. The van der Waals surface area contributed by atoms with Gasteiger partial charge in [-0.05, 0) is 54.6 Å². The van der Waals surface area contributed by atoms with Gasteiger partial charge >= 0.3 is 0 Å². The molecule has 54 heavy (non-hydrogen) atoms. The highest BCUT2D eigenvalue weighted by atomic mass is 14.9. The normalized spacial score (nSPS) is 10.9. The summed E-state index contributed by atoms with van der Waals surface area (Å²) in [6.45, 7) is 0. The summed E-state index contributed by atoms with van der Waals surface area (Å²) in [5.74, 6) is 0.600. The molecule has 4 aromatic heterocycles. The maximum Gasteiger partial charge on any atom is 0.160 e. The van der Waals surface area contributed by atoms with Crippen LogP contribution in [-0.2, 0) is 0 Å². The summed E-state index contributed by atoms with van der Waals surface area (Å²) < 4.78 is 0. The van der Waals surface area contributed by atoms with Gasteiger partial charge in [0.15, 0.2) is 5.82 Å². The van der Waals surface area contributed by atoms with Gasteiger partial charge in [-0.1, -0.05) is 109 Å². The summed E-state index contributed by atoms with van der Waals surface area (Å²) in [7, 11) is 0. The number of hydrogen-bond donors (Lipinski definition) is 0. The largest absolute Gasteiger partial charge is 0.256 e. The smallest absolute Gasteiger partial charge is 0.160 e. The van der Waals surface area contributed by atoms with Gasteiger partial charge < -0.3 is 0 Å². The van der Waals surface area contributed by atoms with Crippen LogP contribution in [0, 0.1) is 11.3 Å². The number of fused-ring (bicyclic) bond motifs is 1. The number of aromatic nitrogens is 6. The molecule has 7 heteroatoms. The Bertz CT molecular complexity index is 2690. The van der Waals surface area contributed by atoms with Gasteiger partial charge in [-0.2, -0.15) is 5.26 Å². The Morgan fingerprint density at radius 2 is 0.815 bits per heavy atom. The molecule has 0 aliphatic rings. The molecule has 0 saturated carbocycles. The van der Waals surface area contributed by atoms with Gasteiger partial charge in [0.25, 0.3) is 0 Å². The number of nitrogens with zero attached hydrogens (tertiary/aromatic N) is 7. The lowest BCUT2D eigenvalue weighted by Gasteiger charge is -2.12. The summed E-state index contributed by atoms with van der Waals surface area (Å²) in [4.78, 5) is 29.3. The zero-order valence-corrected chi connectivity index (χ0v) is 28.9. The van der Waals surface area contributed by atoms with Gasteiger partial charge in [0.05, 0.1) is 56.8 Å². The molecule has 0 amide bonds. The Hall–Kier alpha value is -7.69. The van der Waals surface area contributed by atoms with E-state index >= 15 is 0 Å². The highest BCUT2D eigenvalue weighted by Crippen LogP contribution is 2.34. The fourth-order valence-corrected chi connectivity index (χ4v) is 6.48. The molecule has 252 valence electrons. The van der Waals surface area contributed by atoms with E-state index in [-0.39, 0.29) is 0 Å². The zero-order chi connectivity index (χ0) is 36.3. The minimum atomic E-state index is 0.564. The van der Waals surface area contributed by atoms with Crippen LogP contribution in [0.3, 0.4) is 0 Å². The minimum Gasteiger partial charge on any atom is -0.256 e. The third kappa shape index (κ3) is 6.47. The minimum absolute atomic E-state index is 0.564. The Morgan fingerprint density at radius 3 is 1.31 bits per heavy atom. The number of rotatable bonds is 7. The Labute approximate surface area is 312 Å². The molecule has 9 rings (SSSR count). The number of nitriles is 1. The third-order valence-corrected chi connectivity index (χ3v) is 9.26. The number of para-hydroxylation sites is 2. The molecule has 0 unspecified atom stereocenters. The molecular formula is C47H29N7. The monoisotopic (exact) mass is 691 g/mol. The van der Waals surface area contributed by atoms with Gasteiger partial charge in [0, 0.05) is 51.3 Å². The molecule has 0 fully saturated rings. The fraction of sp³-hybridized carbons (Fsp3) is 0. The van der Waals surface area contributed by atoms with Crippen LogP contribution in [0.5, 0.6) is 0 Å². The predicted octanol–water partition coefficient (Wildman–Crippen LogP) is 10.8. The molecule has 0 saturated heterocycles. The van der Waals surface area contributed by atoms with Crippen LogP contribution in [0.25, 0.3) is 90.0 Å². The van der Waals surface area contributed by atoms with Crippen LogP contribution in [-0.4, -0.2) is 29.9 Å². The molecule has 5 aromatic carbocycles. The molecule has 0 aliphatic heterocycles. The first kappa shape index (κ1) is 32.2. The van der Waals surface area contributed by atoms with Crippen LogP contribution in [0.15, 0.2) is 176 Å². The van der Waals surface area contributed by atoms with Crippen molar-refractivity contribution < 1.29 is 0 Å². The van der Waals surface area contributed by atoms with Gasteiger partial charge in [-0.25, -0.2) is 19.9 Å². The van der Waals surface area contributed by atoms with Crippen molar-refractivity contribution in [3.63, 3.8) is 0 Å². The second-order valence-corrected chi connectivity index (χ2v) is 12.7. The quantitative estimate of drug-likeness (QED) is 0.164. The van der Waals surface area contributed by atoms with E-state index in [1.54, 1.807) is 18.5 Å². The molecule has 4 heterocycles. The zero-order valence-electron chi connectivity index (χ0n) is 28.9. The van der Waals surface area contributed by atoms with Crippen molar-refractivity contribution in [2.45, 2.75) is 0 Å². The van der Waals surface area contributed by atoms with E-state index in [2.05, 4.69) is 64.6 Å². The molecule has 0 atom stereocenters. The van der Waals surface area contributed by atoms with E-state index in [1.807, 2.05) is 109 Å². The van der Waals surface area contributed by atoms with Crippen molar-refractivity contribution in [3.05, 3.63) is 182 Å². The van der Waals surface area contributed by atoms with Crippen molar-refractivity contribution in [1.82, 2.24) is 29.9 Å². The van der Waals surface area contributed by atoms with E-state index in [9.17, 15) is 5.26 Å². The van der Waals surface area contributed by atoms with Crippen LogP contribution >= 0.6 is 0 Å². The maximum atomic E-state index is 9.61. The molecule has 0 aliphatic carbocycles. The standard InChI is InChI=1S/C47H29N7/c48-30-31-8-7-9-38(28-31)46-45(51-41-12-1-2-13-42(41)52-46)36-22-24-37(25-23-36)47-53-43(34-18-14-32(15-19-34)39-10-3-5-26-49-39)29-44(54-47)35-20-16-33(17-21-35)40-11-4-6-27-50-40/h1-29H. The van der Waals surface area contributed by atoms with E-state index in [0.717, 1.165) is 78.4 Å². The predicted molar refractivity (Wildman–Crippen MR) is 213 cm³/mol. The van der Waals surface area contributed by atoms with Crippen molar-refractivity contribution in [1.29, 1.82) is 5.26 Å². The maximum absolute atomic E-state index is 9.61. The van der Waals surface area contributed by atoms with Gasteiger partial charge in [-0.15, -0.1) is 0 Å². The summed E-state index contributed by atoms with van der Waals surface area (Å²) in [5, 5.41) is 9.61. The third-order valence-electron chi connectivity index (χ3n) is 9.26. The van der Waals surface area contributed by atoms with Crippen LogP contribution < -0.4 is 0 Å². The van der Waals surface area contributed by atoms with E-state index in [4.69, 9.17) is 19.9 Å².